The molecule has 0 spiro atoms. The minimum Gasteiger partial charge on any atom is -0.339 e. The summed E-state index contributed by atoms with van der Waals surface area (Å²) >= 11 is 0. The first-order chi connectivity index (χ1) is 7.81. The Morgan fingerprint density at radius 3 is 2.69 bits per heavy atom. The van der Waals surface area contributed by atoms with Gasteiger partial charge in [-0.25, -0.2) is 0 Å². The van der Waals surface area contributed by atoms with Crippen molar-refractivity contribution in [2.45, 2.75) is 38.1 Å². The first kappa shape index (κ1) is 10.1. The molecule has 88 valence electrons. The smallest absolute Gasteiger partial charge is 0.244 e. The summed E-state index contributed by atoms with van der Waals surface area (Å²) < 4.78 is 0. The molecule has 0 unspecified atom stereocenters. The zero-order valence-corrected chi connectivity index (χ0v) is 9.52. The highest BCUT2D eigenvalue weighted by Gasteiger charge is 2.24. The number of rotatable bonds is 3. The van der Waals surface area contributed by atoms with E-state index in [0.717, 1.165) is 50.0 Å². The number of hydrogen-bond acceptors (Lipinski definition) is 4. The number of nitrogens with zero attached hydrogens (tertiary/aromatic N) is 3. The topological polar surface area (TPSA) is 70.8 Å². The lowest BCUT2D eigenvalue weighted by atomic mass is 10.1. The average molecular weight is 221 g/mol. The van der Waals surface area contributed by atoms with Gasteiger partial charge in [-0.05, 0) is 31.6 Å². The fourth-order valence-corrected chi connectivity index (χ4v) is 2.21. The standard InChI is InChI=1S/C11H19N5/c12-9-3-5-16(6-4-9)11-13-10(14-15-11)7-8-1-2-8/h8-9H,1-7,12H2,(H,13,14,15). The van der Waals surface area contributed by atoms with Gasteiger partial charge in [0.1, 0.15) is 5.82 Å². The number of aromatic nitrogens is 3. The van der Waals surface area contributed by atoms with Gasteiger partial charge in [0.25, 0.3) is 0 Å². The SMILES string of the molecule is NC1CCN(c2n[nH]c(CC3CC3)n2)CC1. The van der Waals surface area contributed by atoms with Crippen LogP contribution in [0, 0.1) is 5.92 Å². The van der Waals surface area contributed by atoms with E-state index in [4.69, 9.17) is 5.73 Å². The number of anilines is 1. The molecule has 0 bridgehead atoms. The van der Waals surface area contributed by atoms with Gasteiger partial charge in [0.05, 0.1) is 0 Å². The number of piperidine rings is 1. The first-order valence-electron chi connectivity index (χ1n) is 6.23. The molecule has 5 heteroatoms. The van der Waals surface area contributed by atoms with Gasteiger partial charge in [0, 0.05) is 25.6 Å². The molecule has 2 fully saturated rings. The maximum absolute atomic E-state index is 5.88. The van der Waals surface area contributed by atoms with E-state index in [1.54, 1.807) is 0 Å². The van der Waals surface area contributed by atoms with Crippen molar-refractivity contribution in [2.24, 2.45) is 11.7 Å². The van der Waals surface area contributed by atoms with Crippen molar-refractivity contribution in [1.82, 2.24) is 15.2 Å². The number of nitrogens with one attached hydrogen (secondary N) is 1. The maximum Gasteiger partial charge on any atom is 0.244 e. The molecule has 3 N–H and O–H groups in total. The zero-order chi connectivity index (χ0) is 11.0. The quantitative estimate of drug-likeness (QED) is 0.787. The van der Waals surface area contributed by atoms with Crippen molar-refractivity contribution in [2.75, 3.05) is 18.0 Å². The number of H-pyrrole nitrogens is 1. The highest BCUT2D eigenvalue weighted by Crippen LogP contribution is 2.31. The molecule has 1 aromatic rings. The molecule has 16 heavy (non-hydrogen) atoms. The normalized spacial score (nSPS) is 22.7. The summed E-state index contributed by atoms with van der Waals surface area (Å²) in [6.07, 6.45) is 5.88. The Morgan fingerprint density at radius 2 is 2.00 bits per heavy atom. The van der Waals surface area contributed by atoms with E-state index in [-0.39, 0.29) is 0 Å². The second-order valence-corrected chi connectivity index (χ2v) is 5.05. The Hall–Kier alpha value is -1.10. The Balaban J connectivity index is 1.62. The molecular weight excluding hydrogens is 202 g/mol. The van der Waals surface area contributed by atoms with Crippen molar-refractivity contribution in [3.63, 3.8) is 0 Å². The molecule has 2 aliphatic rings. The van der Waals surface area contributed by atoms with Crippen LogP contribution in [0.2, 0.25) is 0 Å². The third kappa shape index (κ3) is 2.19. The molecule has 1 saturated carbocycles. The summed E-state index contributed by atoms with van der Waals surface area (Å²) in [7, 11) is 0. The van der Waals surface area contributed by atoms with Gasteiger partial charge in [0.2, 0.25) is 5.95 Å². The summed E-state index contributed by atoms with van der Waals surface area (Å²) in [6, 6.07) is 0.362. The third-order valence-corrected chi connectivity index (χ3v) is 3.52. The molecule has 5 nitrogen and oxygen atoms in total. The highest BCUT2D eigenvalue weighted by atomic mass is 15.4. The van der Waals surface area contributed by atoms with Crippen LogP contribution in [0.4, 0.5) is 5.95 Å². The lowest BCUT2D eigenvalue weighted by Crippen LogP contribution is -2.40. The van der Waals surface area contributed by atoms with Crippen molar-refractivity contribution >= 4 is 5.95 Å². The zero-order valence-electron chi connectivity index (χ0n) is 9.52. The molecule has 1 aliphatic carbocycles. The third-order valence-electron chi connectivity index (χ3n) is 3.52. The Bertz CT molecular complexity index is 349. The summed E-state index contributed by atoms with van der Waals surface area (Å²) in [5.41, 5.74) is 5.88. The van der Waals surface area contributed by atoms with E-state index >= 15 is 0 Å². The van der Waals surface area contributed by atoms with Crippen molar-refractivity contribution in [3.8, 4) is 0 Å². The van der Waals surface area contributed by atoms with Gasteiger partial charge in [0.15, 0.2) is 0 Å². The van der Waals surface area contributed by atoms with Crippen LogP contribution in [0.25, 0.3) is 0 Å². The largest absolute Gasteiger partial charge is 0.339 e. The summed E-state index contributed by atoms with van der Waals surface area (Å²) in [5, 5.41) is 7.35. The van der Waals surface area contributed by atoms with Gasteiger partial charge < -0.3 is 10.6 Å². The molecule has 1 aliphatic heterocycles. The van der Waals surface area contributed by atoms with Gasteiger partial charge >= 0.3 is 0 Å². The maximum atomic E-state index is 5.88. The predicted octanol–water partition coefficient (Wildman–Crippen LogP) is 0.685. The van der Waals surface area contributed by atoms with Gasteiger partial charge in [-0.2, -0.15) is 4.98 Å². The summed E-state index contributed by atoms with van der Waals surface area (Å²) in [6.45, 7) is 1.98. The van der Waals surface area contributed by atoms with E-state index < -0.39 is 0 Å². The second kappa shape index (κ2) is 4.05. The van der Waals surface area contributed by atoms with Crippen LogP contribution in [0.5, 0.6) is 0 Å². The molecule has 1 saturated heterocycles. The van der Waals surface area contributed by atoms with Gasteiger partial charge in [-0.1, -0.05) is 0 Å². The van der Waals surface area contributed by atoms with Crippen LogP contribution in [0.3, 0.4) is 0 Å². The van der Waals surface area contributed by atoms with Crippen LogP contribution in [0.15, 0.2) is 0 Å². The Morgan fingerprint density at radius 1 is 1.25 bits per heavy atom. The molecule has 3 rings (SSSR count). The predicted molar refractivity (Wildman–Crippen MR) is 62.2 cm³/mol. The number of hydrogen-bond donors (Lipinski definition) is 2. The highest BCUT2D eigenvalue weighted by molar-refractivity contribution is 5.29. The molecule has 0 radical (unpaired) electrons. The van der Waals surface area contributed by atoms with Gasteiger partial charge in [-0.15, -0.1) is 5.10 Å². The summed E-state index contributed by atoms with van der Waals surface area (Å²) in [4.78, 5) is 6.79. The molecule has 0 amide bonds. The van der Waals surface area contributed by atoms with E-state index in [1.807, 2.05) is 0 Å². The van der Waals surface area contributed by atoms with Crippen LogP contribution < -0.4 is 10.6 Å². The van der Waals surface area contributed by atoms with Crippen LogP contribution in [-0.4, -0.2) is 34.3 Å². The molecular formula is C11H19N5. The molecule has 1 aromatic heterocycles. The lowest BCUT2D eigenvalue weighted by Gasteiger charge is -2.28. The van der Waals surface area contributed by atoms with Crippen LogP contribution in [-0.2, 0) is 6.42 Å². The van der Waals surface area contributed by atoms with Crippen LogP contribution >= 0.6 is 0 Å². The van der Waals surface area contributed by atoms with Crippen LogP contribution in [0.1, 0.15) is 31.5 Å². The lowest BCUT2D eigenvalue weighted by molar-refractivity contribution is 0.496. The summed E-state index contributed by atoms with van der Waals surface area (Å²) in [5.74, 6) is 2.77. The fourth-order valence-electron chi connectivity index (χ4n) is 2.21. The second-order valence-electron chi connectivity index (χ2n) is 5.05. The monoisotopic (exact) mass is 221 g/mol. The van der Waals surface area contributed by atoms with E-state index in [1.165, 1.54) is 12.8 Å². The van der Waals surface area contributed by atoms with Crippen molar-refractivity contribution in [3.05, 3.63) is 5.82 Å². The fraction of sp³-hybridized carbons (Fsp3) is 0.818. The minimum atomic E-state index is 0.362. The Labute approximate surface area is 95.4 Å². The van der Waals surface area contributed by atoms with E-state index in [0.29, 0.717) is 6.04 Å². The molecule has 2 heterocycles. The Kier molecular flexibility index (Phi) is 2.55. The van der Waals surface area contributed by atoms with E-state index in [2.05, 4.69) is 20.1 Å². The number of aromatic amines is 1. The number of nitrogens with two attached hydrogens (primary N) is 1. The van der Waals surface area contributed by atoms with Crippen molar-refractivity contribution in [1.29, 1.82) is 0 Å². The average Bonchev–Trinajstić information content (AvgIpc) is 2.97. The van der Waals surface area contributed by atoms with E-state index in [9.17, 15) is 0 Å². The van der Waals surface area contributed by atoms with Gasteiger partial charge in [-0.3, -0.25) is 5.10 Å². The first-order valence-corrected chi connectivity index (χ1v) is 6.23. The van der Waals surface area contributed by atoms with Crippen molar-refractivity contribution < 1.29 is 0 Å². The molecule has 0 aromatic carbocycles. The minimum absolute atomic E-state index is 0.362. The molecule has 0 atom stereocenters.